The van der Waals surface area contributed by atoms with Gasteiger partial charge in [-0.2, -0.15) is 0 Å². The van der Waals surface area contributed by atoms with E-state index in [2.05, 4.69) is 53.4 Å². The lowest BCUT2D eigenvalue weighted by Gasteiger charge is -2.10. The maximum Gasteiger partial charge on any atom is 0.180 e. The van der Waals surface area contributed by atoms with Gasteiger partial charge in [0.2, 0.25) is 0 Å². The number of hydrogen-bond donors (Lipinski definition) is 2. The van der Waals surface area contributed by atoms with E-state index in [9.17, 15) is 5.11 Å². The van der Waals surface area contributed by atoms with E-state index in [0.717, 1.165) is 28.2 Å². The third-order valence-electron chi connectivity index (χ3n) is 4.70. The van der Waals surface area contributed by atoms with Crippen LogP contribution >= 0.6 is 0 Å². The smallest absolute Gasteiger partial charge is 0.180 e. The zero-order valence-electron chi connectivity index (χ0n) is 15.4. The molecule has 0 saturated carbocycles. The van der Waals surface area contributed by atoms with Crippen LogP contribution in [0.3, 0.4) is 0 Å². The molecule has 0 spiro atoms. The Morgan fingerprint density at radius 3 is 2.41 bits per heavy atom. The first-order chi connectivity index (χ1) is 13.2. The summed E-state index contributed by atoms with van der Waals surface area (Å²) in [6.45, 7) is 4.41. The zero-order chi connectivity index (χ0) is 18.8. The van der Waals surface area contributed by atoms with Gasteiger partial charge in [-0.3, -0.25) is 4.40 Å². The fraction of sp³-hybridized carbons (Fsp3) is 0.182. The zero-order valence-corrected chi connectivity index (χ0v) is 15.4. The summed E-state index contributed by atoms with van der Waals surface area (Å²) < 4.78 is 2.02. The largest absolute Gasteiger partial charge is 0.392 e. The molecule has 27 heavy (non-hydrogen) atoms. The summed E-state index contributed by atoms with van der Waals surface area (Å²) in [6.07, 6.45) is 5.52. The topological polar surface area (TPSA) is 62.5 Å². The number of imidazole rings is 1. The number of benzene rings is 2. The van der Waals surface area contributed by atoms with Crippen LogP contribution in [0.1, 0.15) is 30.9 Å². The standard InChI is InChI=1S/C22H22N4O/c1-15(2)17-7-9-19(10-8-17)25-21-22-24-13-20(26(22)12-11-23-21)18-5-3-16(14-27)4-6-18/h3-13,15,27H,14H2,1-2H3,(H,23,25). The molecule has 2 heterocycles. The molecule has 5 nitrogen and oxygen atoms in total. The van der Waals surface area contributed by atoms with E-state index >= 15 is 0 Å². The number of hydrogen-bond acceptors (Lipinski definition) is 4. The molecule has 4 rings (SSSR count). The van der Waals surface area contributed by atoms with Crippen LogP contribution in [-0.4, -0.2) is 19.5 Å². The van der Waals surface area contributed by atoms with Crippen LogP contribution in [0.4, 0.5) is 11.5 Å². The molecule has 4 aromatic rings. The number of aromatic nitrogens is 3. The van der Waals surface area contributed by atoms with Gasteiger partial charge in [0.1, 0.15) is 0 Å². The molecular formula is C22H22N4O. The maximum atomic E-state index is 9.22. The van der Waals surface area contributed by atoms with Crippen molar-refractivity contribution in [2.24, 2.45) is 0 Å². The van der Waals surface area contributed by atoms with Crippen LogP contribution in [0.5, 0.6) is 0 Å². The van der Waals surface area contributed by atoms with Crippen LogP contribution in [0.25, 0.3) is 16.9 Å². The highest BCUT2D eigenvalue weighted by Crippen LogP contribution is 2.26. The summed E-state index contributed by atoms with van der Waals surface area (Å²) in [5.74, 6) is 1.22. The van der Waals surface area contributed by atoms with E-state index in [1.807, 2.05) is 41.1 Å². The lowest BCUT2D eigenvalue weighted by Crippen LogP contribution is -1.99. The van der Waals surface area contributed by atoms with Crippen molar-refractivity contribution in [2.45, 2.75) is 26.4 Å². The minimum atomic E-state index is 0.0427. The van der Waals surface area contributed by atoms with Gasteiger partial charge in [0, 0.05) is 23.6 Å². The van der Waals surface area contributed by atoms with Crippen LogP contribution in [0.15, 0.2) is 67.1 Å². The Hall–Kier alpha value is -3.18. The highest BCUT2D eigenvalue weighted by molar-refractivity contribution is 5.74. The Morgan fingerprint density at radius 1 is 1.00 bits per heavy atom. The highest BCUT2D eigenvalue weighted by Gasteiger charge is 2.11. The highest BCUT2D eigenvalue weighted by atomic mass is 16.3. The number of nitrogens with zero attached hydrogens (tertiary/aromatic N) is 3. The summed E-state index contributed by atoms with van der Waals surface area (Å²) >= 11 is 0. The summed E-state index contributed by atoms with van der Waals surface area (Å²) in [7, 11) is 0. The molecule has 0 radical (unpaired) electrons. The molecule has 0 aliphatic carbocycles. The van der Waals surface area contributed by atoms with Gasteiger partial charge in [0.25, 0.3) is 0 Å². The molecule has 2 aromatic carbocycles. The van der Waals surface area contributed by atoms with Crippen LogP contribution in [0, 0.1) is 0 Å². The normalized spacial score (nSPS) is 11.3. The third-order valence-corrected chi connectivity index (χ3v) is 4.70. The predicted molar refractivity (Wildman–Crippen MR) is 108 cm³/mol. The fourth-order valence-electron chi connectivity index (χ4n) is 3.09. The van der Waals surface area contributed by atoms with Gasteiger partial charge < -0.3 is 10.4 Å². The Labute approximate surface area is 158 Å². The number of anilines is 2. The SMILES string of the molecule is CC(C)c1ccc(Nc2nccn3c(-c4ccc(CO)cc4)cnc23)cc1. The first kappa shape index (κ1) is 17.2. The Morgan fingerprint density at radius 2 is 1.74 bits per heavy atom. The summed E-state index contributed by atoms with van der Waals surface area (Å²) in [5, 5.41) is 12.6. The van der Waals surface area contributed by atoms with Crippen LogP contribution in [0.2, 0.25) is 0 Å². The first-order valence-electron chi connectivity index (χ1n) is 9.05. The number of rotatable bonds is 5. The van der Waals surface area contributed by atoms with Crippen molar-refractivity contribution < 1.29 is 5.11 Å². The maximum absolute atomic E-state index is 9.22. The monoisotopic (exact) mass is 358 g/mol. The number of aliphatic hydroxyl groups is 1. The first-order valence-corrected chi connectivity index (χ1v) is 9.05. The van der Waals surface area contributed by atoms with E-state index in [-0.39, 0.29) is 6.61 Å². The van der Waals surface area contributed by atoms with Crippen molar-refractivity contribution in [3.63, 3.8) is 0 Å². The van der Waals surface area contributed by atoms with Gasteiger partial charge in [0.15, 0.2) is 11.5 Å². The Kier molecular flexibility index (Phi) is 4.60. The van der Waals surface area contributed by atoms with E-state index < -0.39 is 0 Å². The Balaban J connectivity index is 1.67. The number of nitrogens with one attached hydrogen (secondary N) is 1. The molecule has 2 N–H and O–H groups in total. The van der Waals surface area contributed by atoms with Crippen molar-refractivity contribution >= 4 is 17.2 Å². The second-order valence-corrected chi connectivity index (χ2v) is 6.87. The van der Waals surface area contributed by atoms with E-state index in [1.165, 1.54) is 5.56 Å². The molecule has 0 amide bonds. The van der Waals surface area contributed by atoms with Crippen molar-refractivity contribution in [3.8, 4) is 11.3 Å². The van der Waals surface area contributed by atoms with Crippen molar-refractivity contribution in [1.29, 1.82) is 0 Å². The molecule has 0 aliphatic heterocycles. The van der Waals surface area contributed by atoms with Crippen molar-refractivity contribution in [3.05, 3.63) is 78.2 Å². The van der Waals surface area contributed by atoms with Gasteiger partial charge >= 0.3 is 0 Å². The van der Waals surface area contributed by atoms with Gasteiger partial charge in [-0.05, 0) is 29.2 Å². The molecular weight excluding hydrogens is 336 g/mol. The van der Waals surface area contributed by atoms with Crippen LogP contribution < -0.4 is 5.32 Å². The van der Waals surface area contributed by atoms with Gasteiger partial charge in [-0.15, -0.1) is 0 Å². The lowest BCUT2D eigenvalue weighted by molar-refractivity contribution is 0.282. The lowest BCUT2D eigenvalue weighted by atomic mass is 10.0. The molecule has 0 unspecified atom stereocenters. The molecule has 0 fully saturated rings. The fourth-order valence-corrected chi connectivity index (χ4v) is 3.09. The quantitative estimate of drug-likeness (QED) is 0.540. The second-order valence-electron chi connectivity index (χ2n) is 6.87. The molecule has 0 atom stereocenters. The minimum Gasteiger partial charge on any atom is -0.392 e. The average Bonchev–Trinajstić information content (AvgIpc) is 3.14. The second kappa shape index (κ2) is 7.21. The Bertz CT molecular complexity index is 1050. The van der Waals surface area contributed by atoms with Crippen molar-refractivity contribution in [2.75, 3.05) is 5.32 Å². The summed E-state index contributed by atoms with van der Waals surface area (Å²) in [5.41, 5.74) is 5.97. The van der Waals surface area contributed by atoms with Gasteiger partial charge in [-0.25, -0.2) is 9.97 Å². The van der Waals surface area contributed by atoms with E-state index in [4.69, 9.17) is 0 Å². The number of aliphatic hydroxyl groups excluding tert-OH is 1. The molecule has 0 aliphatic rings. The molecule has 136 valence electrons. The van der Waals surface area contributed by atoms with Gasteiger partial charge in [-0.1, -0.05) is 50.2 Å². The van der Waals surface area contributed by atoms with E-state index in [1.54, 1.807) is 6.20 Å². The molecule has 5 heteroatoms. The summed E-state index contributed by atoms with van der Waals surface area (Å²) in [6, 6.07) is 16.2. The van der Waals surface area contributed by atoms with Gasteiger partial charge in [0.05, 0.1) is 18.5 Å². The molecule has 0 bridgehead atoms. The van der Waals surface area contributed by atoms with E-state index in [0.29, 0.717) is 11.7 Å². The average molecular weight is 358 g/mol. The molecule has 2 aromatic heterocycles. The number of fused-ring (bicyclic) bond motifs is 1. The predicted octanol–water partition coefficient (Wildman–Crippen LogP) is 4.76. The van der Waals surface area contributed by atoms with Crippen LogP contribution in [-0.2, 0) is 6.61 Å². The van der Waals surface area contributed by atoms with Crippen molar-refractivity contribution in [1.82, 2.24) is 14.4 Å². The minimum absolute atomic E-state index is 0.0427. The molecule has 0 saturated heterocycles. The third kappa shape index (κ3) is 3.41. The summed E-state index contributed by atoms with van der Waals surface area (Å²) in [4.78, 5) is 9.03.